The number of ether oxygens (including phenoxy) is 2. The van der Waals surface area contributed by atoms with E-state index in [0.717, 1.165) is 6.42 Å². The van der Waals surface area contributed by atoms with Gasteiger partial charge in [-0.3, -0.25) is 9.59 Å². The SMILES string of the molecule is CC(C)NC(=O)CCOCCNC(=O)CC(C)OCCC(C)(C)C. The van der Waals surface area contributed by atoms with Crippen LogP contribution in [0.3, 0.4) is 0 Å². The van der Waals surface area contributed by atoms with E-state index in [1.807, 2.05) is 20.8 Å². The van der Waals surface area contributed by atoms with Crippen molar-refractivity contribution in [3.8, 4) is 0 Å². The average molecular weight is 344 g/mol. The third-order valence-corrected chi connectivity index (χ3v) is 3.22. The first kappa shape index (κ1) is 22.9. The molecule has 2 amide bonds. The minimum Gasteiger partial charge on any atom is -0.379 e. The van der Waals surface area contributed by atoms with Crippen molar-refractivity contribution in [3.63, 3.8) is 0 Å². The zero-order chi connectivity index (χ0) is 18.6. The predicted molar refractivity (Wildman–Crippen MR) is 95.8 cm³/mol. The third-order valence-electron chi connectivity index (χ3n) is 3.22. The largest absolute Gasteiger partial charge is 0.379 e. The fourth-order valence-corrected chi connectivity index (χ4v) is 1.88. The van der Waals surface area contributed by atoms with Gasteiger partial charge in [-0.15, -0.1) is 0 Å². The summed E-state index contributed by atoms with van der Waals surface area (Å²) in [6.07, 6.45) is 1.57. The zero-order valence-corrected chi connectivity index (χ0v) is 16.2. The first-order chi connectivity index (χ1) is 11.1. The van der Waals surface area contributed by atoms with Crippen molar-refractivity contribution < 1.29 is 19.1 Å². The zero-order valence-electron chi connectivity index (χ0n) is 16.2. The summed E-state index contributed by atoms with van der Waals surface area (Å²) in [5.74, 6) is -0.0605. The lowest BCUT2D eigenvalue weighted by atomic mass is 9.93. The maximum atomic E-state index is 11.8. The lowest BCUT2D eigenvalue weighted by molar-refractivity contribution is -0.125. The van der Waals surface area contributed by atoms with Gasteiger partial charge in [0, 0.05) is 25.6 Å². The van der Waals surface area contributed by atoms with Gasteiger partial charge in [0.1, 0.15) is 0 Å². The second-order valence-electron chi connectivity index (χ2n) is 7.63. The summed E-state index contributed by atoms with van der Waals surface area (Å²) >= 11 is 0. The van der Waals surface area contributed by atoms with Crippen molar-refractivity contribution in [2.75, 3.05) is 26.4 Å². The highest BCUT2D eigenvalue weighted by Crippen LogP contribution is 2.18. The van der Waals surface area contributed by atoms with Crippen LogP contribution in [0.2, 0.25) is 0 Å². The molecular weight excluding hydrogens is 308 g/mol. The van der Waals surface area contributed by atoms with Crippen LogP contribution in [0.5, 0.6) is 0 Å². The third kappa shape index (κ3) is 15.7. The van der Waals surface area contributed by atoms with Gasteiger partial charge in [0.05, 0.1) is 25.7 Å². The molecule has 0 saturated heterocycles. The monoisotopic (exact) mass is 344 g/mol. The number of hydrogen-bond donors (Lipinski definition) is 2. The number of carbonyl (C=O) groups is 2. The molecule has 0 heterocycles. The molecule has 1 atom stereocenters. The van der Waals surface area contributed by atoms with Crippen molar-refractivity contribution in [2.45, 2.75) is 73.0 Å². The van der Waals surface area contributed by atoms with Crippen LogP contribution in [0.15, 0.2) is 0 Å². The van der Waals surface area contributed by atoms with Crippen LogP contribution in [-0.4, -0.2) is 50.3 Å². The minimum absolute atomic E-state index is 0.0183. The molecule has 0 rings (SSSR count). The standard InChI is InChI=1S/C18H36N2O4/c1-14(2)20-16(21)7-10-23-12-9-19-17(22)13-15(3)24-11-8-18(4,5)6/h14-15H,7-13H2,1-6H3,(H,19,22)(H,20,21). The van der Waals surface area contributed by atoms with Gasteiger partial charge in [-0.1, -0.05) is 20.8 Å². The van der Waals surface area contributed by atoms with Crippen LogP contribution < -0.4 is 10.6 Å². The van der Waals surface area contributed by atoms with E-state index in [4.69, 9.17) is 9.47 Å². The van der Waals surface area contributed by atoms with Crippen molar-refractivity contribution in [1.29, 1.82) is 0 Å². The van der Waals surface area contributed by atoms with E-state index < -0.39 is 0 Å². The fraction of sp³-hybridized carbons (Fsp3) is 0.889. The number of nitrogens with one attached hydrogen (secondary N) is 2. The number of carbonyl (C=O) groups excluding carboxylic acids is 2. The van der Waals surface area contributed by atoms with Gasteiger partial charge in [-0.2, -0.15) is 0 Å². The summed E-state index contributed by atoms with van der Waals surface area (Å²) in [4.78, 5) is 23.2. The lowest BCUT2D eigenvalue weighted by Gasteiger charge is -2.20. The summed E-state index contributed by atoms with van der Waals surface area (Å²) in [6.45, 7) is 14.1. The highest BCUT2D eigenvalue weighted by Gasteiger charge is 2.13. The van der Waals surface area contributed by atoms with Crippen LogP contribution in [0, 0.1) is 5.41 Å². The van der Waals surface area contributed by atoms with Crippen molar-refractivity contribution in [1.82, 2.24) is 10.6 Å². The van der Waals surface area contributed by atoms with Gasteiger partial charge in [0.25, 0.3) is 0 Å². The molecule has 0 spiro atoms. The summed E-state index contributed by atoms with van der Waals surface area (Å²) in [6, 6.07) is 0.143. The quantitative estimate of drug-likeness (QED) is 0.533. The van der Waals surface area contributed by atoms with Gasteiger partial charge in [0.2, 0.25) is 11.8 Å². The van der Waals surface area contributed by atoms with Crippen LogP contribution in [-0.2, 0) is 19.1 Å². The molecule has 0 aromatic carbocycles. The normalized spacial score (nSPS) is 13.0. The maximum absolute atomic E-state index is 11.8. The van der Waals surface area contributed by atoms with Gasteiger partial charge in [-0.05, 0) is 32.6 Å². The Labute approximate surface area is 147 Å². The Morgan fingerprint density at radius 2 is 1.67 bits per heavy atom. The number of rotatable bonds is 12. The first-order valence-corrected chi connectivity index (χ1v) is 8.85. The molecule has 0 fully saturated rings. The molecule has 0 aliphatic heterocycles. The van der Waals surface area contributed by atoms with E-state index in [9.17, 15) is 9.59 Å². The maximum Gasteiger partial charge on any atom is 0.222 e. The Bertz CT molecular complexity index is 365. The topological polar surface area (TPSA) is 76.7 Å². The average Bonchev–Trinajstić information content (AvgIpc) is 2.40. The summed E-state index contributed by atoms with van der Waals surface area (Å²) < 4.78 is 11.0. The minimum atomic E-state index is -0.0898. The molecule has 2 N–H and O–H groups in total. The van der Waals surface area contributed by atoms with E-state index in [1.165, 1.54) is 0 Å². The van der Waals surface area contributed by atoms with E-state index in [-0.39, 0.29) is 29.4 Å². The van der Waals surface area contributed by atoms with Crippen LogP contribution >= 0.6 is 0 Å². The Kier molecular flexibility index (Phi) is 11.7. The number of amides is 2. The Balaban J connectivity index is 3.57. The molecule has 6 heteroatoms. The van der Waals surface area contributed by atoms with Crippen LogP contribution in [0.1, 0.15) is 60.8 Å². The molecule has 0 aliphatic carbocycles. The second-order valence-corrected chi connectivity index (χ2v) is 7.63. The number of hydrogen-bond acceptors (Lipinski definition) is 4. The highest BCUT2D eigenvalue weighted by atomic mass is 16.5. The molecule has 6 nitrogen and oxygen atoms in total. The molecular formula is C18H36N2O4. The summed E-state index contributed by atoms with van der Waals surface area (Å²) in [5, 5.41) is 5.59. The molecule has 142 valence electrons. The summed E-state index contributed by atoms with van der Waals surface area (Å²) in [7, 11) is 0. The lowest BCUT2D eigenvalue weighted by Crippen LogP contribution is -2.32. The van der Waals surface area contributed by atoms with Crippen molar-refractivity contribution in [2.24, 2.45) is 5.41 Å². The predicted octanol–water partition coefficient (Wildman–Crippen LogP) is 2.27. The molecule has 0 aromatic rings. The van der Waals surface area contributed by atoms with Crippen molar-refractivity contribution >= 4 is 11.8 Å². The molecule has 0 aliphatic rings. The van der Waals surface area contributed by atoms with E-state index in [0.29, 0.717) is 39.2 Å². The van der Waals surface area contributed by atoms with Gasteiger partial charge in [0.15, 0.2) is 0 Å². The van der Waals surface area contributed by atoms with Crippen LogP contribution in [0.25, 0.3) is 0 Å². The molecule has 0 aromatic heterocycles. The molecule has 24 heavy (non-hydrogen) atoms. The van der Waals surface area contributed by atoms with Crippen molar-refractivity contribution in [3.05, 3.63) is 0 Å². The smallest absolute Gasteiger partial charge is 0.222 e. The summed E-state index contributed by atoms with van der Waals surface area (Å²) in [5.41, 5.74) is 0.241. The van der Waals surface area contributed by atoms with E-state index in [2.05, 4.69) is 31.4 Å². The van der Waals surface area contributed by atoms with Gasteiger partial charge < -0.3 is 20.1 Å². The Morgan fingerprint density at radius 3 is 2.25 bits per heavy atom. The first-order valence-electron chi connectivity index (χ1n) is 8.85. The van der Waals surface area contributed by atoms with Gasteiger partial charge >= 0.3 is 0 Å². The van der Waals surface area contributed by atoms with Gasteiger partial charge in [-0.25, -0.2) is 0 Å². The second kappa shape index (κ2) is 12.3. The molecule has 0 saturated carbocycles. The van der Waals surface area contributed by atoms with E-state index >= 15 is 0 Å². The Hall–Kier alpha value is -1.14. The molecule has 1 unspecified atom stereocenters. The Morgan fingerprint density at radius 1 is 1.00 bits per heavy atom. The molecule has 0 radical (unpaired) electrons. The van der Waals surface area contributed by atoms with Crippen LogP contribution in [0.4, 0.5) is 0 Å². The van der Waals surface area contributed by atoms with E-state index in [1.54, 1.807) is 0 Å². The fourth-order valence-electron chi connectivity index (χ4n) is 1.88. The molecule has 0 bridgehead atoms. The highest BCUT2D eigenvalue weighted by molar-refractivity contribution is 5.76.